The second kappa shape index (κ2) is 9.14. The van der Waals surface area contributed by atoms with Crippen LogP contribution < -0.4 is 0 Å². The van der Waals surface area contributed by atoms with E-state index in [9.17, 15) is 15.0 Å². The van der Waals surface area contributed by atoms with Crippen molar-refractivity contribution >= 4 is 51.5 Å². The van der Waals surface area contributed by atoms with Crippen molar-refractivity contribution in [3.8, 4) is 0 Å². The number of carboxylic acids is 1. The van der Waals surface area contributed by atoms with Gasteiger partial charge in [-0.25, -0.2) is 9.78 Å². The van der Waals surface area contributed by atoms with Gasteiger partial charge in [-0.2, -0.15) is 0 Å². The van der Waals surface area contributed by atoms with Gasteiger partial charge >= 0.3 is 5.97 Å². The summed E-state index contributed by atoms with van der Waals surface area (Å²) >= 11 is 6.10. The van der Waals surface area contributed by atoms with E-state index < -0.39 is 12.1 Å². The van der Waals surface area contributed by atoms with Gasteiger partial charge in [0.05, 0.1) is 16.7 Å². The number of fused-ring (bicyclic) bond motifs is 2. The van der Waals surface area contributed by atoms with E-state index in [1.165, 1.54) is 0 Å². The van der Waals surface area contributed by atoms with Crippen molar-refractivity contribution in [2.24, 2.45) is 0 Å². The number of hydrogen-bond donors (Lipinski definition) is 2. The van der Waals surface area contributed by atoms with Gasteiger partial charge in [-0.05, 0) is 52.9 Å². The van der Waals surface area contributed by atoms with E-state index in [4.69, 9.17) is 11.6 Å². The fourth-order valence-corrected chi connectivity index (χ4v) is 4.32. The van der Waals surface area contributed by atoms with Crippen LogP contribution in [-0.4, -0.2) is 25.7 Å². The van der Waals surface area contributed by atoms with Gasteiger partial charge in [0, 0.05) is 28.7 Å². The quantitative estimate of drug-likeness (QED) is 0.312. The maximum atomic E-state index is 11.4. The fraction of sp³-hybridized carbons (Fsp3) is 0.0714. The van der Waals surface area contributed by atoms with Gasteiger partial charge in [0.25, 0.3) is 0 Å². The van der Waals surface area contributed by atoms with Crippen molar-refractivity contribution in [1.82, 2.24) is 9.55 Å². The molecule has 5 nitrogen and oxygen atoms in total. The summed E-state index contributed by atoms with van der Waals surface area (Å²) in [5, 5.41) is 22.0. The molecule has 0 saturated heterocycles. The van der Waals surface area contributed by atoms with Crippen LogP contribution in [0.4, 0.5) is 0 Å². The smallest absolute Gasteiger partial charge is 0.337 e. The van der Waals surface area contributed by atoms with Crippen molar-refractivity contribution < 1.29 is 15.0 Å². The molecule has 5 aromatic rings. The average molecular weight is 469 g/mol. The Kier molecular flexibility index (Phi) is 5.88. The predicted molar refractivity (Wildman–Crippen MR) is 136 cm³/mol. The van der Waals surface area contributed by atoms with E-state index in [2.05, 4.69) is 11.1 Å². The molecule has 0 radical (unpaired) electrons. The summed E-state index contributed by atoms with van der Waals surface area (Å²) < 4.78 is 1.97. The van der Waals surface area contributed by atoms with E-state index in [1.807, 2.05) is 83.6 Å². The number of halogens is 1. The zero-order valence-electron chi connectivity index (χ0n) is 18.1. The molecule has 5 rings (SSSR count). The third kappa shape index (κ3) is 4.44. The number of pyridine rings is 1. The first-order valence-corrected chi connectivity index (χ1v) is 11.2. The summed E-state index contributed by atoms with van der Waals surface area (Å²) in [6.07, 6.45) is 4.31. The van der Waals surface area contributed by atoms with Crippen molar-refractivity contribution in [1.29, 1.82) is 0 Å². The normalized spacial score (nSPS) is 12.5. The van der Waals surface area contributed by atoms with Gasteiger partial charge in [-0.3, -0.25) is 0 Å². The minimum absolute atomic E-state index is 0.383. The molecule has 2 aromatic heterocycles. The lowest BCUT2D eigenvalue weighted by Gasteiger charge is -2.12. The zero-order valence-corrected chi connectivity index (χ0v) is 18.9. The van der Waals surface area contributed by atoms with Crippen molar-refractivity contribution in [2.45, 2.75) is 12.6 Å². The molecule has 0 spiro atoms. The Balaban J connectivity index is 1.42. The molecule has 1 atom stereocenters. The maximum Gasteiger partial charge on any atom is 0.337 e. The minimum atomic E-state index is -1.57. The van der Waals surface area contributed by atoms with Crippen molar-refractivity contribution in [3.63, 3.8) is 0 Å². The van der Waals surface area contributed by atoms with Crippen LogP contribution in [-0.2, 0) is 11.3 Å². The molecule has 0 aliphatic carbocycles. The highest BCUT2D eigenvalue weighted by molar-refractivity contribution is 6.31. The first-order chi connectivity index (χ1) is 16.5. The van der Waals surface area contributed by atoms with Crippen LogP contribution in [0.25, 0.3) is 34.0 Å². The fourth-order valence-electron chi connectivity index (χ4n) is 4.15. The lowest BCUT2D eigenvalue weighted by molar-refractivity contribution is -0.146. The van der Waals surface area contributed by atoms with Crippen LogP contribution in [0.3, 0.4) is 0 Å². The van der Waals surface area contributed by atoms with Crippen molar-refractivity contribution in [2.75, 3.05) is 0 Å². The number of benzene rings is 3. The number of hydrogen-bond acceptors (Lipinski definition) is 3. The first kappa shape index (κ1) is 21.9. The second-order valence-electron chi connectivity index (χ2n) is 8.12. The maximum absolute atomic E-state index is 11.4. The van der Waals surface area contributed by atoms with E-state index in [1.54, 1.807) is 12.1 Å². The molecule has 6 heteroatoms. The summed E-state index contributed by atoms with van der Waals surface area (Å²) in [6.45, 7) is 0.543. The van der Waals surface area contributed by atoms with Gasteiger partial charge < -0.3 is 14.8 Å². The third-order valence-corrected chi connectivity index (χ3v) is 6.01. The number of aliphatic hydroxyl groups is 1. The number of nitrogens with zero attached hydrogens (tertiary/aromatic N) is 2. The lowest BCUT2D eigenvalue weighted by Crippen LogP contribution is -2.12. The van der Waals surface area contributed by atoms with Crippen LogP contribution in [0, 0.1) is 0 Å². The highest BCUT2D eigenvalue weighted by Gasteiger charge is 2.20. The number of aliphatic carboxylic acids is 1. The number of rotatable bonds is 6. The van der Waals surface area contributed by atoms with Crippen LogP contribution in [0.2, 0.25) is 5.02 Å². The Bertz CT molecular complexity index is 1550. The zero-order chi connectivity index (χ0) is 23.7. The third-order valence-electron chi connectivity index (χ3n) is 5.77. The van der Waals surface area contributed by atoms with Crippen LogP contribution in [0.1, 0.15) is 28.5 Å². The number of aliphatic hydroxyl groups excluding tert-OH is 1. The van der Waals surface area contributed by atoms with Crippen molar-refractivity contribution in [3.05, 3.63) is 112 Å². The second-order valence-corrected chi connectivity index (χ2v) is 8.56. The largest absolute Gasteiger partial charge is 0.479 e. The van der Waals surface area contributed by atoms with Gasteiger partial charge in [0.15, 0.2) is 6.10 Å². The molecule has 0 aliphatic rings. The standard InChI is InChI=1S/C28H21ClN2O3/c29-22-10-8-20-9-12-23(30-25(20)16-22)11-7-18-3-1-4-19(15-18)17-31-14-13-21-5-2-6-24(26(21)31)27(32)28(33)34/h1-16,27,32H,17H2,(H,33,34). The van der Waals surface area contributed by atoms with Gasteiger partial charge in [-0.15, -0.1) is 0 Å². The number of carboxylic acid groups (broad SMARTS) is 1. The predicted octanol–water partition coefficient (Wildman–Crippen LogP) is 6.18. The molecule has 1 unspecified atom stereocenters. The Labute approximate surface area is 201 Å². The average Bonchev–Trinajstić information content (AvgIpc) is 3.25. The lowest BCUT2D eigenvalue weighted by atomic mass is 10.1. The van der Waals surface area contributed by atoms with Crippen LogP contribution in [0.15, 0.2) is 85.1 Å². The van der Waals surface area contributed by atoms with E-state index in [0.29, 0.717) is 17.1 Å². The van der Waals surface area contributed by atoms with Crippen LogP contribution in [0.5, 0.6) is 0 Å². The molecule has 34 heavy (non-hydrogen) atoms. The molecule has 2 N–H and O–H groups in total. The summed E-state index contributed by atoms with van der Waals surface area (Å²) in [5.41, 5.74) is 4.86. The van der Waals surface area contributed by atoms with Gasteiger partial charge in [0.2, 0.25) is 0 Å². The van der Waals surface area contributed by atoms with Gasteiger partial charge in [0.1, 0.15) is 0 Å². The van der Waals surface area contributed by atoms with E-state index in [0.717, 1.165) is 38.6 Å². The number of carbonyl (C=O) groups is 1. The molecular formula is C28H21ClN2O3. The van der Waals surface area contributed by atoms with E-state index >= 15 is 0 Å². The molecule has 0 bridgehead atoms. The molecule has 0 amide bonds. The molecule has 0 fully saturated rings. The summed E-state index contributed by atoms with van der Waals surface area (Å²) in [6, 6.07) is 25.0. The molecule has 0 saturated carbocycles. The molecular weight excluding hydrogens is 448 g/mol. The minimum Gasteiger partial charge on any atom is -0.479 e. The SMILES string of the molecule is O=C(O)C(O)c1cccc2ccn(Cc3cccc(C=Cc4ccc5ccc(Cl)cc5n4)c3)c12. The Hall–Kier alpha value is -3.93. The van der Waals surface area contributed by atoms with Crippen LogP contribution >= 0.6 is 11.6 Å². The highest BCUT2D eigenvalue weighted by atomic mass is 35.5. The molecule has 2 heterocycles. The topological polar surface area (TPSA) is 75.3 Å². The molecule has 168 valence electrons. The van der Waals surface area contributed by atoms with E-state index in [-0.39, 0.29) is 0 Å². The number of para-hydroxylation sites is 1. The Morgan fingerprint density at radius 1 is 0.971 bits per heavy atom. The summed E-state index contributed by atoms with van der Waals surface area (Å²) in [5.74, 6) is -1.27. The summed E-state index contributed by atoms with van der Waals surface area (Å²) in [4.78, 5) is 16.0. The monoisotopic (exact) mass is 468 g/mol. The molecule has 0 aliphatic heterocycles. The molecule has 3 aromatic carbocycles. The number of aromatic nitrogens is 2. The highest BCUT2D eigenvalue weighted by Crippen LogP contribution is 2.27. The first-order valence-electron chi connectivity index (χ1n) is 10.8. The Morgan fingerprint density at radius 3 is 2.65 bits per heavy atom. The summed E-state index contributed by atoms with van der Waals surface area (Å²) in [7, 11) is 0. The Morgan fingerprint density at radius 2 is 1.79 bits per heavy atom. The van der Waals surface area contributed by atoms with Gasteiger partial charge in [-0.1, -0.05) is 66.2 Å².